The average molecular weight is 303 g/mol. The molecule has 0 bridgehead atoms. The van der Waals surface area contributed by atoms with Crippen molar-refractivity contribution in [1.82, 2.24) is 34.4 Å². The number of aromatic nitrogens is 6. The zero-order chi connectivity index (χ0) is 15.4. The van der Waals surface area contributed by atoms with E-state index in [1.807, 2.05) is 9.58 Å². The van der Waals surface area contributed by atoms with E-state index in [-0.39, 0.29) is 5.91 Å². The zero-order valence-corrected chi connectivity index (χ0v) is 12.9. The summed E-state index contributed by atoms with van der Waals surface area (Å²) in [5.41, 5.74) is 0. The molecule has 2 aromatic heterocycles. The summed E-state index contributed by atoms with van der Waals surface area (Å²) in [6, 6.07) is 0. The molecule has 1 aliphatic rings. The Kier molecular flexibility index (Phi) is 4.45. The van der Waals surface area contributed by atoms with Crippen LogP contribution in [0.15, 0.2) is 12.7 Å². The van der Waals surface area contributed by atoms with Crippen LogP contribution < -0.4 is 0 Å². The Hall–Kier alpha value is -2.25. The van der Waals surface area contributed by atoms with E-state index in [2.05, 4.69) is 27.1 Å². The zero-order valence-electron chi connectivity index (χ0n) is 12.9. The van der Waals surface area contributed by atoms with Gasteiger partial charge in [0.25, 0.3) is 0 Å². The molecule has 0 radical (unpaired) electrons. The van der Waals surface area contributed by atoms with Crippen molar-refractivity contribution in [3.63, 3.8) is 0 Å². The SMILES string of the molecule is CCCCn1nc(Cn2cncn2)nc1CN1CCCC1=O. The number of likely N-dealkylation sites (tertiary alicyclic amines) is 1. The number of hydrogen-bond acceptors (Lipinski definition) is 5. The normalized spacial score (nSPS) is 15.0. The molecular formula is C14H21N7O. The second-order valence-electron chi connectivity index (χ2n) is 5.53. The van der Waals surface area contributed by atoms with E-state index in [1.54, 1.807) is 11.0 Å². The molecule has 0 unspecified atom stereocenters. The smallest absolute Gasteiger partial charge is 0.223 e. The van der Waals surface area contributed by atoms with Gasteiger partial charge in [-0.15, -0.1) is 0 Å². The van der Waals surface area contributed by atoms with Gasteiger partial charge in [0.1, 0.15) is 25.0 Å². The molecule has 0 aliphatic carbocycles. The molecule has 8 heteroatoms. The van der Waals surface area contributed by atoms with Gasteiger partial charge in [0.05, 0.1) is 6.54 Å². The molecule has 3 rings (SSSR count). The molecule has 1 fully saturated rings. The Morgan fingerprint density at radius 2 is 2.23 bits per heavy atom. The molecule has 1 aliphatic heterocycles. The van der Waals surface area contributed by atoms with Crippen molar-refractivity contribution in [3.05, 3.63) is 24.3 Å². The van der Waals surface area contributed by atoms with E-state index >= 15 is 0 Å². The highest BCUT2D eigenvalue weighted by Crippen LogP contribution is 2.14. The molecule has 1 saturated heterocycles. The first-order chi connectivity index (χ1) is 10.8. The van der Waals surface area contributed by atoms with Crippen LogP contribution in [0.25, 0.3) is 0 Å². The summed E-state index contributed by atoms with van der Waals surface area (Å²) in [7, 11) is 0. The summed E-state index contributed by atoms with van der Waals surface area (Å²) in [6.07, 6.45) is 6.88. The van der Waals surface area contributed by atoms with Gasteiger partial charge in [-0.1, -0.05) is 13.3 Å². The van der Waals surface area contributed by atoms with E-state index in [4.69, 9.17) is 0 Å². The Morgan fingerprint density at radius 1 is 1.32 bits per heavy atom. The van der Waals surface area contributed by atoms with Crippen LogP contribution in [0.3, 0.4) is 0 Å². The third kappa shape index (κ3) is 3.32. The van der Waals surface area contributed by atoms with E-state index < -0.39 is 0 Å². The first kappa shape index (κ1) is 14.7. The van der Waals surface area contributed by atoms with Crippen molar-refractivity contribution < 1.29 is 4.79 Å². The summed E-state index contributed by atoms with van der Waals surface area (Å²) < 4.78 is 3.63. The van der Waals surface area contributed by atoms with Crippen LogP contribution in [0.5, 0.6) is 0 Å². The minimum absolute atomic E-state index is 0.211. The molecule has 0 aromatic carbocycles. The van der Waals surface area contributed by atoms with Crippen molar-refractivity contribution in [2.24, 2.45) is 0 Å². The van der Waals surface area contributed by atoms with Gasteiger partial charge in [0, 0.05) is 19.5 Å². The Balaban J connectivity index is 1.76. The van der Waals surface area contributed by atoms with Crippen LogP contribution in [0.2, 0.25) is 0 Å². The van der Waals surface area contributed by atoms with Crippen LogP contribution in [-0.2, 0) is 24.4 Å². The minimum Gasteiger partial charge on any atom is -0.335 e. The fourth-order valence-corrected chi connectivity index (χ4v) is 2.60. The second kappa shape index (κ2) is 6.67. The summed E-state index contributed by atoms with van der Waals surface area (Å²) in [6.45, 7) is 4.85. The predicted octanol–water partition coefficient (Wildman–Crippen LogP) is 0.840. The molecular weight excluding hydrogens is 282 g/mol. The number of rotatable bonds is 7. The van der Waals surface area contributed by atoms with Crippen molar-refractivity contribution in [1.29, 1.82) is 0 Å². The van der Waals surface area contributed by atoms with Gasteiger partial charge in [-0.2, -0.15) is 10.2 Å². The molecule has 2 aromatic rings. The lowest BCUT2D eigenvalue weighted by atomic mass is 10.3. The van der Waals surface area contributed by atoms with Gasteiger partial charge in [-0.3, -0.25) is 4.79 Å². The molecule has 22 heavy (non-hydrogen) atoms. The maximum absolute atomic E-state index is 11.8. The lowest BCUT2D eigenvalue weighted by Crippen LogP contribution is -2.26. The molecule has 0 saturated carbocycles. The standard InChI is InChI=1S/C14H21N7O/c1-2-3-7-21-13(9-19-6-4-5-14(19)22)17-12(18-21)8-20-11-15-10-16-20/h10-11H,2-9H2,1H3. The first-order valence-electron chi connectivity index (χ1n) is 7.79. The molecule has 3 heterocycles. The largest absolute Gasteiger partial charge is 0.335 e. The van der Waals surface area contributed by atoms with Crippen molar-refractivity contribution in [3.8, 4) is 0 Å². The molecule has 0 atom stereocenters. The minimum atomic E-state index is 0.211. The summed E-state index contributed by atoms with van der Waals surface area (Å²) in [4.78, 5) is 22.2. The van der Waals surface area contributed by atoms with Gasteiger partial charge in [0.15, 0.2) is 5.82 Å². The highest BCUT2D eigenvalue weighted by molar-refractivity contribution is 5.77. The summed E-state index contributed by atoms with van der Waals surface area (Å²) >= 11 is 0. The number of aryl methyl sites for hydroxylation is 1. The number of hydrogen-bond donors (Lipinski definition) is 0. The Bertz CT molecular complexity index is 619. The number of unbranched alkanes of at least 4 members (excludes halogenated alkanes) is 1. The van der Waals surface area contributed by atoms with E-state index in [0.717, 1.165) is 38.2 Å². The lowest BCUT2D eigenvalue weighted by Gasteiger charge is -2.15. The fraction of sp³-hybridized carbons (Fsp3) is 0.643. The molecule has 0 spiro atoms. The van der Waals surface area contributed by atoms with Gasteiger partial charge >= 0.3 is 0 Å². The first-order valence-corrected chi connectivity index (χ1v) is 7.79. The average Bonchev–Trinajstić information content (AvgIpc) is 3.22. The van der Waals surface area contributed by atoms with Gasteiger partial charge < -0.3 is 4.90 Å². The summed E-state index contributed by atoms with van der Waals surface area (Å²) in [5.74, 6) is 1.78. The molecule has 1 amide bonds. The van der Waals surface area contributed by atoms with Crippen LogP contribution in [-0.4, -0.2) is 46.9 Å². The highest BCUT2D eigenvalue weighted by Gasteiger charge is 2.22. The van der Waals surface area contributed by atoms with Gasteiger partial charge in [-0.25, -0.2) is 19.3 Å². The van der Waals surface area contributed by atoms with Crippen LogP contribution in [0, 0.1) is 0 Å². The summed E-state index contributed by atoms with van der Waals surface area (Å²) in [5, 5.41) is 8.65. The van der Waals surface area contributed by atoms with Crippen molar-refractivity contribution in [2.45, 2.75) is 52.2 Å². The predicted molar refractivity (Wildman–Crippen MR) is 78.7 cm³/mol. The van der Waals surface area contributed by atoms with Gasteiger partial charge in [0.2, 0.25) is 5.91 Å². The Morgan fingerprint density at radius 3 is 2.91 bits per heavy atom. The van der Waals surface area contributed by atoms with E-state index in [9.17, 15) is 4.79 Å². The number of carbonyl (C=O) groups excluding carboxylic acids is 1. The quantitative estimate of drug-likeness (QED) is 0.757. The number of carbonyl (C=O) groups is 1. The van der Waals surface area contributed by atoms with Gasteiger partial charge in [-0.05, 0) is 12.8 Å². The van der Waals surface area contributed by atoms with E-state index in [0.29, 0.717) is 25.3 Å². The highest BCUT2D eigenvalue weighted by atomic mass is 16.2. The molecule has 8 nitrogen and oxygen atoms in total. The van der Waals surface area contributed by atoms with Crippen LogP contribution in [0.1, 0.15) is 44.3 Å². The second-order valence-corrected chi connectivity index (χ2v) is 5.53. The van der Waals surface area contributed by atoms with Crippen molar-refractivity contribution in [2.75, 3.05) is 6.54 Å². The maximum atomic E-state index is 11.8. The Labute approximate surface area is 129 Å². The van der Waals surface area contributed by atoms with E-state index in [1.165, 1.54) is 6.33 Å². The number of amides is 1. The maximum Gasteiger partial charge on any atom is 0.223 e. The molecule has 118 valence electrons. The van der Waals surface area contributed by atoms with Crippen LogP contribution in [0.4, 0.5) is 0 Å². The third-order valence-electron chi connectivity index (χ3n) is 3.79. The fourth-order valence-electron chi connectivity index (χ4n) is 2.60. The van der Waals surface area contributed by atoms with Crippen LogP contribution >= 0.6 is 0 Å². The third-order valence-corrected chi connectivity index (χ3v) is 3.79. The topological polar surface area (TPSA) is 81.7 Å². The molecule has 0 N–H and O–H groups in total. The monoisotopic (exact) mass is 303 g/mol. The van der Waals surface area contributed by atoms with Crippen molar-refractivity contribution >= 4 is 5.91 Å². The lowest BCUT2D eigenvalue weighted by molar-refractivity contribution is -0.128. The number of nitrogens with zero attached hydrogens (tertiary/aromatic N) is 7.